The number of ether oxygens (including phenoxy) is 1. The minimum Gasteiger partial charge on any atom is -0.368 e. The Morgan fingerprint density at radius 1 is 1.33 bits per heavy atom. The normalized spacial score (nSPS) is 11.4. The number of hydrogen-bond acceptors (Lipinski definition) is 2. The van der Waals surface area contributed by atoms with Gasteiger partial charge in [-0.2, -0.15) is 0 Å². The molecule has 0 aromatic carbocycles. The van der Waals surface area contributed by atoms with E-state index in [2.05, 4.69) is 6.58 Å². The van der Waals surface area contributed by atoms with Crippen molar-refractivity contribution in [1.29, 1.82) is 0 Å². The van der Waals surface area contributed by atoms with Crippen molar-refractivity contribution in [1.82, 2.24) is 0 Å². The highest BCUT2D eigenvalue weighted by Crippen LogP contribution is 2.15. The van der Waals surface area contributed by atoms with Gasteiger partial charge < -0.3 is 4.74 Å². The molecule has 0 spiro atoms. The third kappa shape index (κ3) is 6.45. The molecule has 0 unspecified atom stereocenters. The van der Waals surface area contributed by atoms with E-state index in [4.69, 9.17) is 4.74 Å². The Hall–Kier alpha value is -0.630. The van der Waals surface area contributed by atoms with Gasteiger partial charge in [0.2, 0.25) is 0 Å². The summed E-state index contributed by atoms with van der Waals surface area (Å²) in [4.78, 5) is 11.7. The van der Waals surface area contributed by atoms with E-state index in [0.717, 1.165) is 25.7 Å². The predicted molar refractivity (Wildman–Crippen MR) is 64.0 cm³/mol. The van der Waals surface area contributed by atoms with Gasteiger partial charge in [-0.05, 0) is 40.0 Å². The first-order valence-electron chi connectivity index (χ1n) is 5.82. The zero-order valence-corrected chi connectivity index (χ0v) is 10.3. The first-order valence-corrected chi connectivity index (χ1v) is 5.82. The first kappa shape index (κ1) is 14.4. The fraction of sp³-hybridized carbons (Fsp3) is 0.769. The molecule has 0 aromatic rings. The number of unbranched alkanes of at least 4 members (excludes halogenated alkanes) is 3. The van der Waals surface area contributed by atoms with Gasteiger partial charge in [-0.3, -0.25) is 4.79 Å². The van der Waals surface area contributed by atoms with Crippen molar-refractivity contribution in [3.8, 4) is 0 Å². The second kappa shape index (κ2) is 7.63. The zero-order chi connectivity index (χ0) is 11.7. The van der Waals surface area contributed by atoms with Gasteiger partial charge in [0.25, 0.3) is 0 Å². The van der Waals surface area contributed by atoms with Crippen molar-refractivity contribution in [2.24, 2.45) is 0 Å². The molecular weight excluding hydrogens is 188 g/mol. The average molecular weight is 212 g/mol. The molecule has 0 aliphatic rings. The lowest BCUT2D eigenvalue weighted by molar-refractivity contribution is -0.139. The highest BCUT2D eigenvalue weighted by molar-refractivity contribution is 5.86. The van der Waals surface area contributed by atoms with Gasteiger partial charge in [0, 0.05) is 13.0 Å². The van der Waals surface area contributed by atoms with Crippen LogP contribution in [0.4, 0.5) is 0 Å². The second-order valence-electron chi connectivity index (χ2n) is 4.25. The van der Waals surface area contributed by atoms with E-state index < -0.39 is 5.60 Å². The molecule has 2 nitrogen and oxygen atoms in total. The summed E-state index contributed by atoms with van der Waals surface area (Å²) in [7, 11) is 0. The molecule has 0 atom stereocenters. The van der Waals surface area contributed by atoms with Gasteiger partial charge >= 0.3 is 0 Å². The number of hydrogen-bond donors (Lipinski definition) is 0. The van der Waals surface area contributed by atoms with E-state index in [1.165, 1.54) is 0 Å². The van der Waals surface area contributed by atoms with Gasteiger partial charge in [-0.15, -0.1) is 6.58 Å². The Balaban J connectivity index is 3.68. The molecule has 0 bridgehead atoms. The van der Waals surface area contributed by atoms with Crippen molar-refractivity contribution < 1.29 is 9.53 Å². The molecule has 15 heavy (non-hydrogen) atoms. The largest absolute Gasteiger partial charge is 0.368 e. The molecule has 0 rings (SSSR count). The van der Waals surface area contributed by atoms with Gasteiger partial charge in [0.1, 0.15) is 5.60 Å². The van der Waals surface area contributed by atoms with Crippen molar-refractivity contribution in [3.63, 3.8) is 0 Å². The van der Waals surface area contributed by atoms with E-state index in [1.54, 1.807) is 0 Å². The third-order valence-corrected chi connectivity index (χ3v) is 2.49. The van der Waals surface area contributed by atoms with E-state index in [1.807, 2.05) is 26.8 Å². The van der Waals surface area contributed by atoms with Gasteiger partial charge in [-0.1, -0.05) is 12.5 Å². The number of carbonyl (C=O) groups is 1. The first-order chi connectivity index (χ1) is 7.04. The lowest BCUT2D eigenvalue weighted by atomic mass is 9.98. The van der Waals surface area contributed by atoms with Crippen LogP contribution in [0.3, 0.4) is 0 Å². The van der Waals surface area contributed by atoms with Crippen LogP contribution in [0.5, 0.6) is 0 Å². The number of Topliss-reactive ketones (excluding diaryl/α,β-unsaturated/α-hetero) is 1. The fourth-order valence-corrected chi connectivity index (χ4v) is 1.49. The van der Waals surface area contributed by atoms with Crippen LogP contribution in [0.2, 0.25) is 0 Å². The smallest absolute Gasteiger partial charge is 0.164 e. The summed E-state index contributed by atoms with van der Waals surface area (Å²) in [5.41, 5.74) is -0.604. The maximum absolute atomic E-state index is 11.7. The Bertz CT molecular complexity index is 195. The summed E-state index contributed by atoms with van der Waals surface area (Å²) in [5.74, 6) is 0.211. The molecule has 0 heterocycles. The SMILES string of the molecule is C=CCCCCCC(=O)C(C)(C)OCC. The third-order valence-electron chi connectivity index (χ3n) is 2.49. The molecule has 0 aliphatic heterocycles. The van der Waals surface area contributed by atoms with Crippen LogP contribution >= 0.6 is 0 Å². The molecule has 0 saturated carbocycles. The molecule has 0 amide bonds. The summed E-state index contributed by atoms with van der Waals surface area (Å²) >= 11 is 0. The van der Waals surface area contributed by atoms with Crippen molar-refractivity contribution in [3.05, 3.63) is 12.7 Å². The molecule has 0 aromatic heterocycles. The number of allylic oxidation sites excluding steroid dienone is 1. The topological polar surface area (TPSA) is 26.3 Å². The Kier molecular flexibility index (Phi) is 7.31. The van der Waals surface area contributed by atoms with E-state index in [-0.39, 0.29) is 5.78 Å². The van der Waals surface area contributed by atoms with E-state index in [9.17, 15) is 4.79 Å². The van der Waals surface area contributed by atoms with Crippen molar-refractivity contribution in [2.75, 3.05) is 6.61 Å². The minimum atomic E-state index is -0.604. The molecule has 0 aliphatic carbocycles. The van der Waals surface area contributed by atoms with Crippen LogP contribution in [0.25, 0.3) is 0 Å². The Labute approximate surface area is 93.7 Å². The summed E-state index contributed by atoms with van der Waals surface area (Å²) in [6.07, 6.45) is 6.79. The standard InChI is InChI=1S/C13H24O2/c1-5-7-8-9-10-11-12(14)13(3,4)15-6-2/h5H,1,6-11H2,2-4H3. The van der Waals surface area contributed by atoms with Crippen LogP contribution in [0, 0.1) is 0 Å². The molecule has 2 heteroatoms. The summed E-state index contributed by atoms with van der Waals surface area (Å²) < 4.78 is 5.40. The average Bonchev–Trinajstić information content (AvgIpc) is 2.17. The monoisotopic (exact) mass is 212 g/mol. The van der Waals surface area contributed by atoms with E-state index >= 15 is 0 Å². The van der Waals surface area contributed by atoms with Crippen LogP contribution in [0.1, 0.15) is 52.9 Å². The van der Waals surface area contributed by atoms with E-state index in [0.29, 0.717) is 13.0 Å². The summed E-state index contributed by atoms with van der Waals surface area (Å²) in [5, 5.41) is 0. The molecule has 0 N–H and O–H groups in total. The van der Waals surface area contributed by atoms with Crippen LogP contribution in [0.15, 0.2) is 12.7 Å². The minimum absolute atomic E-state index is 0.211. The molecule has 0 fully saturated rings. The maximum atomic E-state index is 11.7. The van der Waals surface area contributed by atoms with Crippen LogP contribution in [-0.2, 0) is 9.53 Å². The maximum Gasteiger partial charge on any atom is 0.164 e. The number of carbonyl (C=O) groups excluding carboxylic acids is 1. The van der Waals surface area contributed by atoms with Gasteiger partial charge in [-0.25, -0.2) is 0 Å². The summed E-state index contributed by atoms with van der Waals surface area (Å²) in [6, 6.07) is 0. The highest BCUT2D eigenvalue weighted by atomic mass is 16.5. The number of rotatable bonds is 9. The molecule has 0 radical (unpaired) electrons. The second-order valence-corrected chi connectivity index (χ2v) is 4.25. The Morgan fingerprint density at radius 3 is 2.53 bits per heavy atom. The molecule has 0 saturated heterocycles. The summed E-state index contributed by atoms with van der Waals surface area (Å²) in [6.45, 7) is 9.88. The molecular formula is C13H24O2. The van der Waals surface area contributed by atoms with Crippen molar-refractivity contribution >= 4 is 5.78 Å². The van der Waals surface area contributed by atoms with Crippen LogP contribution in [-0.4, -0.2) is 18.0 Å². The lowest BCUT2D eigenvalue weighted by Gasteiger charge is -2.22. The fourth-order valence-electron chi connectivity index (χ4n) is 1.49. The van der Waals surface area contributed by atoms with Crippen LogP contribution < -0.4 is 0 Å². The Morgan fingerprint density at radius 2 is 2.00 bits per heavy atom. The van der Waals surface area contributed by atoms with Crippen molar-refractivity contribution in [2.45, 2.75) is 58.5 Å². The highest BCUT2D eigenvalue weighted by Gasteiger charge is 2.26. The van der Waals surface area contributed by atoms with Gasteiger partial charge in [0.05, 0.1) is 0 Å². The zero-order valence-electron chi connectivity index (χ0n) is 10.3. The number of ketones is 1. The predicted octanol–water partition coefficient (Wildman–Crippen LogP) is 3.51. The quantitative estimate of drug-likeness (QED) is 0.432. The lowest BCUT2D eigenvalue weighted by Crippen LogP contribution is -2.34. The van der Waals surface area contributed by atoms with Gasteiger partial charge in [0.15, 0.2) is 5.78 Å². The molecule has 88 valence electrons.